The minimum absolute atomic E-state index is 0.378. The van der Waals surface area contributed by atoms with Crippen LogP contribution < -0.4 is 4.80 Å². The number of rotatable bonds is 6. The van der Waals surface area contributed by atoms with Crippen molar-refractivity contribution in [3.05, 3.63) is 62.9 Å². The Morgan fingerprint density at radius 2 is 1.83 bits per heavy atom. The van der Waals surface area contributed by atoms with Gasteiger partial charge in [-0.2, -0.15) is 4.99 Å². The summed E-state index contributed by atoms with van der Waals surface area (Å²) in [5.41, 5.74) is 2.66. The number of aromatic nitrogens is 1. The average Bonchev–Trinajstić information content (AvgIpc) is 3.08. The molecule has 1 amide bonds. The zero-order chi connectivity index (χ0) is 21.0. The molecule has 6 nitrogen and oxygen atoms in total. The van der Waals surface area contributed by atoms with E-state index in [9.17, 15) is 9.59 Å². The monoisotopic (exact) mass is 432 g/mol. The van der Waals surface area contributed by atoms with Crippen molar-refractivity contribution in [1.29, 1.82) is 0 Å². The minimum atomic E-state index is -0.452. The van der Waals surface area contributed by atoms with Crippen LogP contribution in [0.3, 0.4) is 0 Å². The first-order valence-electron chi connectivity index (χ1n) is 9.10. The molecule has 0 aliphatic heterocycles. The Hall–Kier alpha value is -2.48. The van der Waals surface area contributed by atoms with E-state index in [1.165, 1.54) is 18.4 Å². The van der Waals surface area contributed by atoms with Gasteiger partial charge in [0.2, 0.25) is 0 Å². The number of aryl methyl sites for hydroxylation is 1. The van der Waals surface area contributed by atoms with Gasteiger partial charge in [-0.3, -0.25) is 4.79 Å². The largest absolute Gasteiger partial charge is 0.465 e. The quantitative estimate of drug-likeness (QED) is 0.431. The lowest BCUT2D eigenvalue weighted by atomic mass is 10.1. The predicted molar refractivity (Wildman–Crippen MR) is 114 cm³/mol. The average molecular weight is 433 g/mol. The van der Waals surface area contributed by atoms with Gasteiger partial charge in [0.25, 0.3) is 5.91 Å². The van der Waals surface area contributed by atoms with Crippen molar-refractivity contribution < 1.29 is 19.1 Å². The lowest BCUT2D eigenvalue weighted by Crippen LogP contribution is -2.20. The summed E-state index contributed by atoms with van der Waals surface area (Å²) in [7, 11) is 1.31. The number of thiazole rings is 1. The number of esters is 1. The second kappa shape index (κ2) is 9.35. The van der Waals surface area contributed by atoms with E-state index in [0.717, 1.165) is 15.8 Å². The van der Waals surface area contributed by atoms with E-state index in [4.69, 9.17) is 16.3 Å². The number of ether oxygens (including phenoxy) is 2. The Balaban J connectivity index is 2.04. The Morgan fingerprint density at radius 1 is 1.14 bits per heavy atom. The highest BCUT2D eigenvalue weighted by atomic mass is 35.5. The Kier molecular flexibility index (Phi) is 6.84. The minimum Gasteiger partial charge on any atom is -0.465 e. The number of benzene rings is 2. The van der Waals surface area contributed by atoms with Gasteiger partial charge in [0, 0.05) is 23.7 Å². The number of nitrogens with zero attached hydrogens (tertiary/aromatic N) is 2. The molecule has 0 spiro atoms. The molecular weight excluding hydrogens is 412 g/mol. The summed E-state index contributed by atoms with van der Waals surface area (Å²) < 4.78 is 13.1. The number of hydrogen-bond acceptors (Lipinski definition) is 5. The summed E-state index contributed by atoms with van der Waals surface area (Å²) in [4.78, 5) is 29.2. The fraction of sp³-hybridized carbons (Fsp3) is 0.286. The molecule has 0 bridgehead atoms. The zero-order valence-electron chi connectivity index (χ0n) is 16.4. The fourth-order valence-electron chi connectivity index (χ4n) is 2.93. The second-order valence-corrected chi connectivity index (χ2v) is 7.65. The molecule has 0 unspecified atom stereocenters. The fourth-order valence-corrected chi connectivity index (χ4v) is 4.19. The van der Waals surface area contributed by atoms with Gasteiger partial charge in [0.05, 0.1) is 29.5 Å². The molecule has 152 valence electrons. The highest BCUT2D eigenvalue weighted by molar-refractivity contribution is 7.16. The molecule has 0 fully saturated rings. The molecule has 1 heterocycles. The van der Waals surface area contributed by atoms with Crippen LogP contribution >= 0.6 is 22.9 Å². The highest BCUT2D eigenvalue weighted by Crippen LogP contribution is 2.27. The summed E-state index contributed by atoms with van der Waals surface area (Å²) >= 11 is 7.74. The summed E-state index contributed by atoms with van der Waals surface area (Å²) in [6, 6.07) is 10.0. The maximum absolute atomic E-state index is 12.7. The van der Waals surface area contributed by atoms with Crippen LogP contribution in [0.15, 0.2) is 41.4 Å². The third kappa shape index (κ3) is 4.58. The standard InChI is InChI=1S/C21H21ClN2O4S/c1-4-28-12-11-24-18-13(2)16(22)9-10-17(18)29-21(24)23-19(25)14-5-7-15(8-6-14)20(26)27-3/h5-10H,4,11-12H2,1-3H3. The van der Waals surface area contributed by atoms with E-state index >= 15 is 0 Å². The first-order chi connectivity index (χ1) is 14.0. The van der Waals surface area contributed by atoms with Crippen LogP contribution in [0.25, 0.3) is 10.2 Å². The van der Waals surface area contributed by atoms with E-state index in [0.29, 0.717) is 40.7 Å². The van der Waals surface area contributed by atoms with E-state index in [2.05, 4.69) is 9.73 Å². The first kappa shape index (κ1) is 21.2. The lowest BCUT2D eigenvalue weighted by molar-refractivity contribution is 0.0600. The Labute approximate surface area is 177 Å². The normalized spacial score (nSPS) is 11.8. The van der Waals surface area contributed by atoms with Crippen LogP contribution in [0.4, 0.5) is 0 Å². The van der Waals surface area contributed by atoms with Gasteiger partial charge >= 0.3 is 5.97 Å². The van der Waals surface area contributed by atoms with E-state index in [-0.39, 0.29) is 5.91 Å². The molecule has 3 rings (SSSR count). The second-order valence-electron chi connectivity index (χ2n) is 6.24. The number of amides is 1. The van der Waals surface area contributed by atoms with Crippen LogP contribution in [-0.4, -0.2) is 36.8 Å². The van der Waals surface area contributed by atoms with Gasteiger partial charge in [-0.05, 0) is 55.8 Å². The van der Waals surface area contributed by atoms with Crippen molar-refractivity contribution in [3.8, 4) is 0 Å². The van der Waals surface area contributed by atoms with E-state index in [1.807, 2.05) is 30.5 Å². The molecule has 0 aliphatic rings. The molecule has 0 N–H and O–H groups in total. The van der Waals surface area contributed by atoms with Crippen molar-refractivity contribution in [2.75, 3.05) is 20.3 Å². The molecule has 2 aromatic carbocycles. The summed E-state index contributed by atoms with van der Waals surface area (Å²) in [6.07, 6.45) is 0. The molecule has 8 heteroatoms. The van der Waals surface area contributed by atoms with Crippen LogP contribution in [0.1, 0.15) is 33.2 Å². The first-order valence-corrected chi connectivity index (χ1v) is 10.3. The molecule has 0 radical (unpaired) electrons. The van der Waals surface area contributed by atoms with Crippen LogP contribution in [-0.2, 0) is 16.0 Å². The molecule has 0 saturated heterocycles. The number of halogens is 1. The van der Waals surface area contributed by atoms with Gasteiger partial charge < -0.3 is 14.0 Å². The molecule has 0 aliphatic carbocycles. The van der Waals surface area contributed by atoms with Gasteiger partial charge in [-0.25, -0.2) is 4.79 Å². The molecule has 3 aromatic rings. The van der Waals surface area contributed by atoms with Crippen molar-refractivity contribution in [1.82, 2.24) is 4.57 Å². The van der Waals surface area contributed by atoms with Crippen LogP contribution in [0.2, 0.25) is 5.02 Å². The number of fused-ring (bicyclic) bond motifs is 1. The van der Waals surface area contributed by atoms with Gasteiger partial charge in [-0.1, -0.05) is 22.9 Å². The summed E-state index contributed by atoms with van der Waals surface area (Å²) in [5.74, 6) is -0.839. The highest BCUT2D eigenvalue weighted by Gasteiger charge is 2.13. The SMILES string of the molecule is CCOCCn1c(=NC(=O)c2ccc(C(=O)OC)cc2)sc2ccc(Cl)c(C)c21. The Morgan fingerprint density at radius 3 is 2.48 bits per heavy atom. The maximum Gasteiger partial charge on any atom is 0.337 e. The van der Waals surface area contributed by atoms with Crippen LogP contribution in [0, 0.1) is 6.92 Å². The van der Waals surface area contributed by atoms with Crippen molar-refractivity contribution in [2.24, 2.45) is 4.99 Å². The van der Waals surface area contributed by atoms with E-state index in [1.54, 1.807) is 24.3 Å². The molecule has 1 aromatic heterocycles. The predicted octanol–water partition coefficient (Wildman–Crippen LogP) is 4.23. The van der Waals surface area contributed by atoms with Gasteiger partial charge in [0.15, 0.2) is 4.80 Å². The van der Waals surface area contributed by atoms with Crippen molar-refractivity contribution >= 4 is 45.0 Å². The zero-order valence-corrected chi connectivity index (χ0v) is 18.0. The smallest absolute Gasteiger partial charge is 0.337 e. The third-order valence-corrected chi connectivity index (χ3v) is 5.90. The lowest BCUT2D eigenvalue weighted by Gasteiger charge is -2.08. The maximum atomic E-state index is 12.7. The molecule has 0 saturated carbocycles. The summed E-state index contributed by atoms with van der Waals surface area (Å²) in [5, 5.41) is 0.664. The number of carbonyl (C=O) groups excluding carboxylic acids is 2. The van der Waals surface area contributed by atoms with Crippen LogP contribution in [0.5, 0.6) is 0 Å². The van der Waals surface area contributed by atoms with Crippen molar-refractivity contribution in [2.45, 2.75) is 20.4 Å². The number of carbonyl (C=O) groups is 2. The summed E-state index contributed by atoms with van der Waals surface area (Å²) in [6.45, 7) is 5.56. The topological polar surface area (TPSA) is 69.9 Å². The van der Waals surface area contributed by atoms with Gasteiger partial charge in [-0.15, -0.1) is 0 Å². The molecule has 0 atom stereocenters. The number of hydrogen-bond donors (Lipinski definition) is 0. The third-order valence-electron chi connectivity index (χ3n) is 4.44. The van der Waals surface area contributed by atoms with Gasteiger partial charge in [0.1, 0.15) is 0 Å². The van der Waals surface area contributed by atoms with E-state index < -0.39 is 5.97 Å². The Bertz CT molecular complexity index is 1120. The molecule has 29 heavy (non-hydrogen) atoms. The van der Waals surface area contributed by atoms with Crippen molar-refractivity contribution in [3.63, 3.8) is 0 Å². The number of methoxy groups -OCH3 is 1. The molecular formula is C21H21ClN2O4S.